The molecule has 0 atom stereocenters. The molecule has 0 spiro atoms. The molecule has 0 saturated heterocycles. The van der Waals surface area contributed by atoms with Crippen LogP contribution in [0.25, 0.3) is 0 Å². The third-order valence-electron chi connectivity index (χ3n) is 2.70. The number of hydrogen-bond acceptors (Lipinski definition) is 4. The van der Waals surface area contributed by atoms with E-state index in [1.807, 2.05) is 0 Å². The van der Waals surface area contributed by atoms with Gasteiger partial charge in [0.1, 0.15) is 17.2 Å². The standard InChI is InChI=1S/C16H12F3NO4/c1-10(21)15(22)20-11-3-2-4-14(9-11)23-12-5-7-13(8-6-12)24-16(17,18)19/h2-9H,1H3,(H,20,22). The molecule has 0 unspecified atom stereocenters. The molecule has 5 nitrogen and oxygen atoms in total. The van der Waals surface area contributed by atoms with Gasteiger partial charge in [-0.25, -0.2) is 0 Å². The monoisotopic (exact) mass is 339 g/mol. The van der Waals surface area contributed by atoms with Crippen LogP contribution in [0.15, 0.2) is 48.5 Å². The highest BCUT2D eigenvalue weighted by molar-refractivity contribution is 6.39. The van der Waals surface area contributed by atoms with E-state index in [1.165, 1.54) is 18.2 Å². The first-order chi connectivity index (χ1) is 11.2. The summed E-state index contributed by atoms with van der Waals surface area (Å²) in [6.45, 7) is 1.14. The molecule has 2 rings (SSSR count). The lowest BCUT2D eigenvalue weighted by Crippen LogP contribution is -2.19. The SMILES string of the molecule is CC(=O)C(=O)Nc1cccc(Oc2ccc(OC(F)(F)F)cc2)c1. The lowest BCUT2D eigenvalue weighted by Gasteiger charge is -2.10. The summed E-state index contributed by atoms with van der Waals surface area (Å²) in [5, 5.41) is 2.39. The van der Waals surface area contributed by atoms with Gasteiger partial charge in [0.25, 0.3) is 5.91 Å². The van der Waals surface area contributed by atoms with Crippen LogP contribution in [0, 0.1) is 0 Å². The minimum atomic E-state index is -4.76. The molecule has 1 amide bonds. The van der Waals surface area contributed by atoms with Crippen LogP contribution in [0.1, 0.15) is 6.92 Å². The molecule has 1 N–H and O–H groups in total. The molecule has 0 aromatic heterocycles. The van der Waals surface area contributed by atoms with Crippen molar-refractivity contribution in [3.05, 3.63) is 48.5 Å². The molecule has 0 bridgehead atoms. The number of carbonyl (C=O) groups is 2. The molecule has 24 heavy (non-hydrogen) atoms. The first-order valence-electron chi connectivity index (χ1n) is 6.68. The van der Waals surface area contributed by atoms with Gasteiger partial charge in [-0.2, -0.15) is 0 Å². The Hall–Kier alpha value is -3.03. The fourth-order valence-electron chi connectivity index (χ4n) is 1.70. The summed E-state index contributed by atoms with van der Waals surface area (Å²) in [5.41, 5.74) is 0.352. The maximum absolute atomic E-state index is 12.1. The Balaban J connectivity index is 2.05. The number of ether oxygens (including phenoxy) is 2. The zero-order valence-electron chi connectivity index (χ0n) is 12.4. The highest BCUT2D eigenvalue weighted by atomic mass is 19.4. The molecule has 0 aliphatic heterocycles. The van der Waals surface area contributed by atoms with E-state index >= 15 is 0 Å². The van der Waals surface area contributed by atoms with Gasteiger partial charge in [-0.15, -0.1) is 13.2 Å². The normalized spacial score (nSPS) is 10.8. The van der Waals surface area contributed by atoms with Crippen molar-refractivity contribution in [2.24, 2.45) is 0 Å². The minimum absolute atomic E-state index is 0.277. The van der Waals surface area contributed by atoms with Gasteiger partial charge >= 0.3 is 6.36 Å². The van der Waals surface area contributed by atoms with Gasteiger partial charge in [-0.05, 0) is 36.4 Å². The largest absolute Gasteiger partial charge is 0.573 e. The Labute approximate surface area is 135 Å². The number of halogens is 3. The van der Waals surface area contributed by atoms with Crippen LogP contribution in [0.3, 0.4) is 0 Å². The first-order valence-corrected chi connectivity index (χ1v) is 6.68. The molecule has 2 aromatic rings. The van der Waals surface area contributed by atoms with Gasteiger partial charge in [-0.3, -0.25) is 9.59 Å². The van der Waals surface area contributed by atoms with Gasteiger partial charge in [-0.1, -0.05) is 6.07 Å². The molecular weight excluding hydrogens is 327 g/mol. The molecule has 0 heterocycles. The average molecular weight is 339 g/mol. The third kappa shape index (κ3) is 5.31. The number of Topliss-reactive ketones (excluding diaryl/α,β-unsaturated/α-hetero) is 1. The van der Waals surface area contributed by atoms with Crippen molar-refractivity contribution in [1.29, 1.82) is 0 Å². The van der Waals surface area contributed by atoms with E-state index in [0.29, 0.717) is 11.4 Å². The number of ketones is 1. The minimum Gasteiger partial charge on any atom is -0.457 e. The molecule has 0 fully saturated rings. The molecule has 2 aromatic carbocycles. The third-order valence-corrected chi connectivity index (χ3v) is 2.70. The van der Waals surface area contributed by atoms with E-state index in [4.69, 9.17) is 4.74 Å². The Morgan fingerprint density at radius 2 is 1.58 bits per heavy atom. The molecule has 0 aliphatic rings. The summed E-state index contributed by atoms with van der Waals surface area (Å²) in [5.74, 6) is -1.15. The van der Waals surface area contributed by atoms with Crippen LogP contribution < -0.4 is 14.8 Å². The molecule has 0 saturated carbocycles. The Kier molecular flexibility index (Phi) is 5.08. The fourth-order valence-corrected chi connectivity index (χ4v) is 1.70. The molecule has 0 radical (unpaired) electrons. The number of rotatable bonds is 5. The van der Waals surface area contributed by atoms with Crippen LogP contribution in [-0.2, 0) is 9.59 Å². The van der Waals surface area contributed by atoms with E-state index in [0.717, 1.165) is 19.1 Å². The van der Waals surface area contributed by atoms with Crippen molar-refractivity contribution in [2.45, 2.75) is 13.3 Å². The smallest absolute Gasteiger partial charge is 0.457 e. The molecular formula is C16H12F3NO4. The van der Waals surface area contributed by atoms with Crippen LogP contribution in [-0.4, -0.2) is 18.1 Å². The Bertz CT molecular complexity index is 742. The second-order valence-corrected chi connectivity index (χ2v) is 4.66. The quantitative estimate of drug-likeness (QED) is 0.839. The number of amides is 1. The highest BCUT2D eigenvalue weighted by Crippen LogP contribution is 2.28. The van der Waals surface area contributed by atoms with Crippen LogP contribution in [0.4, 0.5) is 18.9 Å². The number of alkyl halides is 3. The van der Waals surface area contributed by atoms with Crippen molar-refractivity contribution in [3.63, 3.8) is 0 Å². The fraction of sp³-hybridized carbons (Fsp3) is 0.125. The van der Waals surface area contributed by atoms with Crippen LogP contribution >= 0.6 is 0 Å². The van der Waals surface area contributed by atoms with Gasteiger partial charge < -0.3 is 14.8 Å². The van der Waals surface area contributed by atoms with Crippen molar-refractivity contribution in [1.82, 2.24) is 0 Å². The number of anilines is 1. The van der Waals surface area contributed by atoms with Gasteiger partial charge in [0.05, 0.1) is 0 Å². The van der Waals surface area contributed by atoms with Crippen LogP contribution in [0.2, 0.25) is 0 Å². The van der Waals surface area contributed by atoms with E-state index in [-0.39, 0.29) is 11.5 Å². The van der Waals surface area contributed by atoms with E-state index < -0.39 is 18.1 Å². The van der Waals surface area contributed by atoms with Crippen molar-refractivity contribution in [3.8, 4) is 17.2 Å². The Morgan fingerprint density at radius 1 is 0.958 bits per heavy atom. The van der Waals surface area contributed by atoms with Gasteiger partial charge in [0.2, 0.25) is 5.78 Å². The lowest BCUT2D eigenvalue weighted by molar-refractivity contribution is -0.274. The van der Waals surface area contributed by atoms with E-state index in [2.05, 4.69) is 10.1 Å². The maximum atomic E-state index is 12.1. The van der Waals surface area contributed by atoms with Crippen molar-refractivity contribution in [2.75, 3.05) is 5.32 Å². The predicted molar refractivity (Wildman–Crippen MR) is 79.0 cm³/mol. The summed E-state index contributed by atoms with van der Waals surface area (Å²) in [4.78, 5) is 22.2. The second-order valence-electron chi connectivity index (χ2n) is 4.66. The zero-order chi connectivity index (χ0) is 17.7. The molecule has 0 aliphatic carbocycles. The number of hydrogen-bond donors (Lipinski definition) is 1. The Morgan fingerprint density at radius 3 is 2.17 bits per heavy atom. The summed E-state index contributed by atoms with van der Waals surface area (Å²) in [6.07, 6.45) is -4.76. The summed E-state index contributed by atoms with van der Waals surface area (Å²) >= 11 is 0. The number of benzene rings is 2. The van der Waals surface area contributed by atoms with E-state index in [1.54, 1.807) is 18.2 Å². The average Bonchev–Trinajstić information content (AvgIpc) is 2.48. The van der Waals surface area contributed by atoms with Crippen molar-refractivity contribution < 1.29 is 32.2 Å². The maximum Gasteiger partial charge on any atom is 0.573 e. The summed E-state index contributed by atoms with van der Waals surface area (Å²) < 4.78 is 45.5. The molecule has 8 heteroatoms. The first kappa shape index (κ1) is 17.3. The number of nitrogens with one attached hydrogen (secondary N) is 1. The number of carbonyl (C=O) groups excluding carboxylic acids is 2. The van der Waals surface area contributed by atoms with Gasteiger partial charge in [0, 0.05) is 18.7 Å². The highest BCUT2D eigenvalue weighted by Gasteiger charge is 2.30. The summed E-state index contributed by atoms with van der Waals surface area (Å²) in [7, 11) is 0. The van der Waals surface area contributed by atoms with Crippen LogP contribution in [0.5, 0.6) is 17.2 Å². The summed E-state index contributed by atoms with van der Waals surface area (Å²) in [6, 6.07) is 11.1. The molecule has 126 valence electrons. The lowest BCUT2D eigenvalue weighted by atomic mass is 10.2. The van der Waals surface area contributed by atoms with E-state index in [9.17, 15) is 22.8 Å². The predicted octanol–water partition coefficient (Wildman–Crippen LogP) is 3.91. The topological polar surface area (TPSA) is 64.6 Å². The van der Waals surface area contributed by atoms with Gasteiger partial charge in [0.15, 0.2) is 0 Å². The van der Waals surface area contributed by atoms with Crippen molar-refractivity contribution >= 4 is 17.4 Å². The zero-order valence-corrected chi connectivity index (χ0v) is 12.4. The second kappa shape index (κ2) is 7.03.